The van der Waals surface area contributed by atoms with Crippen molar-refractivity contribution in [1.29, 1.82) is 0 Å². The zero-order valence-corrected chi connectivity index (χ0v) is 10.9. The summed E-state index contributed by atoms with van der Waals surface area (Å²) in [5.74, 6) is 0. The lowest BCUT2D eigenvalue weighted by atomic mass is 9.71. The molecular weight excluding hydrogens is 226 g/mol. The van der Waals surface area contributed by atoms with E-state index in [0.717, 1.165) is 38.4 Å². The van der Waals surface area contributed by atoms with Crippen molar-refractivity contribution in [3.8, 4) is 0 Å². The van der Waals surface area contributed by atoms with E-state index in [-0.39, 0.29) is 0 Å². The summed E-state index contributed by atoms with van der Waals surface area (Å²) in [6.45, 7) is 7.96. The molecule has 0 aliphatic carbocycles. The quantitative estimate of drug-likeness (QED) is 0.822. The van der Waals surface area contributed by atoms with Gasteiger partial charge in [-0.3, -0.25) is 0 Å². The minimum atomic E-state index is 0.781. The van der Waals surface area contributed by atoms with Crippen molar-refractivity contribution >= 4 is 52.7 Å². The van der Waals surface area contributed by atoms with Crippen LogP contribution in [0.15, 0.2) is 24.4 Å². The van der Waals surface area contributed by atoms with E-state index in [2.05, 4.69) is 23.8 Å². The SMILES string of the molecule is [B]c1cc([B]C)cc2nc(NC(=C)CC)sc12. The summed E-state index contributed by atoms with van der Waals surface area (Å²) in [6, 6.07) is 4.01. The van der Waals surface area contributed by atoms with E-state index in [9.17, 15) is 0 Å². The third-order valence-corrected chi connectivity index (χ3v) is 3.62. The highest BCUT2D eigenvalue weighted by atomic mass is 32.1. The Morgan fingerprint density at radius 3 is 3.00 bits per heavy atom. The molecule has 0 aliphatic rings. The van der Waals surface area contributed by atoms with Crippen LogP contribution in [0.1, 0.15) is 13.3 Å². The lowest BCUT2D eigenvalue weighted by molar-refractivity contribution is 1.11. The van der Waals surface area contributed by atoms with Crippen molar-refractivity contribution in [2.24, 2.45) is 0 Å². The highest BCUT2D eigenvalue weighted by Gasteiger charge is 2.07. The van der Waals surface area contributed by atoms with Crippen LogP contribution in [0.25, 0.3) is 10.2 Å². The Morgan fingerprint density at radius 1 is 1.59 bits per heavy atom. The molecule has 1 aromatic heterocycles. The van der Waals surface area contributed by atoms with Crippen LogP contribution in [0.3, 0.4) is 0 Å². The normalized spacial score (nSPS) is 10.5. The fourth-order valence-corrected chi connectivity index (χ4v) is 2.46. The number of benzene rings is 1. The Morgan fingerprint density at radius 2 is 2.35 bits per heavy atom. The fraction of sp³-hybridized carbons (Fsp3) is 0.250. The number of anilines is 1. The van der Waals surface area contributed by atoms with Crippen LogP contribution < -0.4 is 16.2 Å². The average molecular weight is 239 g/mol. The van der Waals surface area contributed by atoms with E-state index in [1.54, 1.807) is 11.3 Å². The van der Waals surface area contributed by atoms with E-state index in [4.69, 9.17) is 7.85 Å². The Labute approximate surface area is 108 Å². The molecular formula is C12H13B2N2S. The van der Waals surface area contributed by atoms with Crippen LogP contribution in [-0.2, 0) is 0 Å². The summed E-state index contributed by atoms with van der Waals surface area (Å²) < 4.78 is 1.03. The highest BCUT2D eigenvalue weighted by molar-refractivity contribution is 7.23. The molecule has 17 heavy (non-hydrogen) atoms. The van der Waals surface area contributed by atoms with Crippen LogP contribution in [-0.4, -0.2) is 20.1 Å². The molecule has 0 saturated carbocycles. The second kappa shape index (κ2) is 4.96. The fourth-order valence-electron chi connectivity index (χ4n) is 1.54. The molecule has 83 valence electrons. The first kappa shape index (κ1) is 12.2. The first-order valence-electron chi connectivity index (χ1n) is 5.58. The van der Waals surface area contributed by atoms with Gasteiger partial charge in [-0.2, -0.15) is 0 Å². The first-order chi connectivity index (χ1) is 8.13. The second-order valence-electron chi connectivity index (χ2n) is 3.85. The summed E-state index contributed by atoms with van der Waals surface area (Å²) in [7, 11) is 8.03. The zero-order chi connectivity index (χ0) is 12.4. The van der Waals surface area contributed by atoms with E-state index in [1.807, 2.05) is 26.2 Å². The van der Waals surface area contributed by atoms with Gasteiger partial charge in [-0.1, -0.05) is 48.7 Å². The van der Waals surface area contributed by atoms with Crippen LogP contribution in [0.5, 0.6) is 0 Å². The standard InChI is InChI=1S/C12H13B2N2S/c1-4-7(2)15-12-16-10-6-8(14-3)5-9(13)11(10)17-12/h5-6H,2,4H2,1,3H3,(H,15,16). The number of nitrogens with one attached hydrogen (secondary N) is 1. The maximum Gasteiger partial charge on any atom is 0.187 e. The Bertz CT molecular complexity index is 563. The first-order valence-corrected chi connectivity index (χ1v) is 6.40. The number of aromatic nitrogens is 1. The summed E-state index contributed by atoms with van der Waals surface area (Å²) in [6.07, 6.45) is 0.888. The zero-order valence-electron chi connectivity index (χ0n) is 10.1. The van der Waals surface area contributed by atoms with Crippen LogP contribution >= 0.6 is 11.3 Å². The minimum absolute atomic E-state index is 0.781. The van der Waals surface area contributed by atoms with E-state index < -0.39 is 0 Å². The Balaban J connectivity index is 2.42. The molecule has 3 radical (unpaired) electrons. The van der Waals surface area contributed by atoms with Crippen LogP contribution in [0, 0.1) is 0 Å². The van der Waals surface area contributed by atoms with E-state index in [1.165, 1.54) is 0 Å². The van der Waals surface area contributed by atoms with Crippen LogP contribution in [0.2, 0.25) is 6.82 Å². The van der Waals surface area contributed by atoms with Gasteiger partial charge in [0.2, 0.25) is 0 Å². The minimum Gasteiger partial charge on any atom is -0.336 e. The number of nitrogens with zero attached hydrogens (tertiary/aromatic N) is 1. The van der Waals surface area contributed by atoms with E-state index in [0.29, 0.717) is 0 Å². The molecule has 0 aliphatic heterocycles. The molecule has 0 unspecified atom stereocenters. The molecule has 2 aromatic rings. The molecule has 0 spiro atoms. The van der Waals surface area contributed by atoms with Gasteiger partial charge < -0.3 is 5.32 Å². The number of fused-ring (bicyclic) bond motifs is 1. The molecule has 5 heteroatoms. The van der Waals surface area contributed by atoms with Gasteiger partial charge in [0.1, 0.15) is 15.1 Å². The number of allylic oxidation sites excluding steroid dienone is 1. The van der Waals surface area contributed by atoms with Crippen molar-refractivity contribution in [3.63, 3.8) is 0 Å². The predicted octanol–water partition coefficient (Wildman–Crippen LogP) is 1.80. The Kier molecular flexibility index (Phi) is 3.57. The lowest BCUT2D eigenvalue weighted by Gasteiger charge is -2.01. The molecule has 0 fully saturated rings. The van der Waals surface area contributed by atoms with Crippen molar-refractivity contribution in [3.05, 3.63) is 24.4 Å². The van der Waals surface area contributed by atoms with Gasteiger partial charge in [0.05, 0.1) is 5.52 Å². The molecule has 1 heterocycles. The van der Waals surface area contributed by atoms with Gasteiger partial charge in [0, 0.05) is 10.4 Å². The molecule has 0 amide bonds. The maximum absolute atomic E-state index is 6.01. The highest BCUT2D eigenvalue weighted by Crippen LogP contribution is 2.24. The van der Waals surface area contributed by atoms with E-state index >= 15 is 0 Å². The molecule has 2 rings (SSSR count). The molecule has 0 atom stereocenters. The number of thiazole rings is 1. The average Bonchev–Trinajstić information content (AvgIpc) is 2.71. The van der Waals surface area contributed by atoms with Gasteiger partial charge in [0.25, 0.3) is 0 Å². The van der Waals surface area contributed by atoms with Crippen molar-refractivity contribution in [2.75, 3.05) is 5.32 Å². The van der Waals surface area contributed by atoms with Crippen molar-refractivity contribution in [2.45, 2.75) is 20.2 Å². The lowest BCUT2D eigenvalue weighted by Crippen LogP contribution is -2.17. The third kappa shape index (κ3) is 2.55. The molecule has 0 bridgehead atoms. The van der Waals surface area contributed by atoms with Gasteiger partial charge in [0.15, 0.2) is 5.13 Å². The number of hydrogen-bond acceptors (Lipinski definition) is 3. The maximum atomic E-state index is 6.01. The summed E-state index contributed by atoms with van der Waals surface area (Å²) in [5, 5.41) is 4.05. The monoisotopic (exact) mass is 239 g/mol. The topological polar surface area (TPSA) is 24.9 Å². The molecule has 0 saturated heterocycles. The van der Waals surface area contributed by atoms with Crippen molar-refractivity contribution < 1.29 is 0 Å². The molecule has 1 N–H and O–H groups in total. The predicted molar refractivity (Wildman–Crippen MR) is 79.3 cm³/mol. The Hall–Kier alpha value is -1.22. The number of hydrogen-bond donors (Lipinski definition) is 1. The summed E-state index contributed by atoms with van der Waals surface area (Å²) in [4.78, 5) is 4.52. The van der Waals surface area contributed by atoms with Gasteiger partial charge in [-0.05, 0) is 12.5 Å². The third-order valence-electron chi connectivity index (χ3n) is 2.58. The largest absolute Gasteiger partial charge is 0.336 e. The van der Waals surface area contributed by atoms with Gasteiger partial charge >= 0.3 is 0 Å². The second-order valence-corrected chi connectivity index (χ2v) is 4.85. The van der Waals surface area contributed by atoms with Crippen LogP contribution in [0.4, 0.5) is 5.13 Å². The molecule has 1 aromatic carbocycles. The van der Waals surface area contributed by atoms with Gasteiger partial charge in [-0.25, -0.2) is 4.98 Å². The smallest absolute Gasteiger partial charge is 0.187 e. The van der Waals surface area contributed by atoms with Crippen molar-refractivity contribution in [1.82, 2.24) is 4.98 Å². The summed E-state index contributed by atoms with van der Waals surface area (Å²) >= 11 is 1.56. The molecule has 2 nitrogen and oxygen atoms in total. The summed E-state index contributed by atoms with van der Waals surface area (Å²) in [5.41, 5.74) is 3.78. The number of rotatable bonds is 4. The van der Waals surface area contributed by atoms with Gasteiger partial charge in [-0.15, -0.1) is 0 Å².